The SMILES string of the molecule is CCC(C)NS(=O)(=O)c1cccc(NC(=O)CCC2CCNC2)c1. The summed E-state index contributed by atoms with van der Waals surface area (Å²) in [5.74, 6) is 0.480. The van der Waals surface area contributed by atoms with Gasteiger partial charge in [-0.05, 0) is 63.4 Å². The Morgan fingerprint density at radius 3 is 2.88 bits per heavy atom. The molecule has 1 heterocycles. The van der Waals surface area contributed by atoms with Crippen molar-refractivity contribution in [1.29, 1.82) is 0 Å². The van der Waals surface area contributed by atoms with Gasteiger partial charge in [-0.25, -0.2) is 13.1 Å². The van der Waals surface area contributed by atoms with Crippen molar-refractivity contribution >= 4 is 21.6 Å². The Balaban J connectivity index is 1.95. The van der Waals surface area contributed by atoms with Crippen LogP contribution in [0.2, 0.25) is 0 Å². The van der Waals surface area contributed by atoms with Gasteiger partial charge < -0.3 is 10.6 Å². The molecule has 0 radical (unpaired) electrons. The van der Waals surface area contributed by atoms with E-state index < -0.39 is 10.0 Å². The number of nitrogens with one attached hydrogen (secondary N) is 3. The Bertz CT molecular complexity index is 655. The summed E-state index contributed by atoms with van der Waals surface area (Å²) in [4.78, 5) is 12.2. The summed E-state index contributed by atoms with van der Waals surface area (Å²) >= 11 is 0. The minimum Gasteiger partial charge on any atom is -0.326 e. The highest BCUT2D eigenvalue weighted by Gasteiger charge is 2.18. The van der Waals surface area contributed by atoms with Gasteiger partial charge in [0.2, 0.25) is 15.9 Å². The molecule has 1 aliphatic rings. The maximum atomic E-state index is 12.3. The third-order valence-corrected chi connectivity index (χ3v) is 5.93. The van der Waals surface area contributed by atoms with Crippen molar-refractivity contribution < 1.29 is 13.2 Å². The van der Waals surface area contributed by atoms with Crippen LogP contribution in [0.1, 0.15) is 39.5 Å². The zero-order valence-electron chi connectivity index (χ0n) is 14.3. The molecule has 1 fully saturated rings. The zero-order valence-corrected chi connectivity index (χ0v) is 15.2. The van der Waals surface area contributed by atoms with E-state index in [0.29, 0.717) is 24.4 Å². The van der Waals surface area contributed by atoms with Gasteiger partial charge >= 0.3 is 0 Å². The van der Waals surface area contributed by atoms with Gasteiger partial charge in [-0.3, -0.25) is 4.79 Å². The van der Waals surface area contributed by atoms with E-state index >= 15 is 0 Å². The summed E-state index contributed by atoms with van der Waals surface area (Å²) in [5, 5.41) is 6.08. The topological polar surface area (TPSA) is 87.3 Å². The van der Waals surface area contributed by atoms with Crippen LogP contribution in [0.25, 0.3) is 0 Å². The molecule has 0 aromatic heterocycles. The molecule has 3 N–H and O–H groups in total. The highest BCUT2D eigenvalue weighted by molar-refractivity contribution is 7.89. The predicted molar refractivity (Wildman–Crippen MR) is 95.4 cm³/mol. The first-order valence-electron chi connectivity index (χ1n) is 8.53. The van der Waals surface area contributed by atoms with Gasteiger partial charge in [-0.1, -0.05) is 13.0 Å². The third-order valence-electron chi connectivity index (χ3n) is 4.34. The van der Waals surface area contributed by atoms with Crippen molar-refractivity contribution in [2.24, 2.45) is 5.92 Å². The fourth-order valence-corrected chi connectivity index (χ4v) is 4.05. The first-order valence-corrected chi connectivity index (χ1v) is 10.0. The first kappa shape index (κ1) is 18.9. The van der Waals surface area contributed by atoms with Crippen molar-refractivity contribution in [2.45, 2.75) is 50.5 Å². The number of benzene rings is 1. The van der Waals surface area contributed by atoms with E-state index in [-0.39, 0.29) is 16.8 Å². The van der Waals surface area contributed by atoms with Gasteiger partial charge in [-0.15, -0.1) is 0 Å². The molecule has 1 aromatic rings. The summed E-state index contributed by atoms with van der Waals surface area (Å²) < 4.78 is 27.2. The van der Waals surface area contributed by atoms with Crippen LogP contribution in [0.4, 0.5) is 5.69 Å². The predicted octanol–water partition coefficient (Wildman–Crippen LogP) is 2.09. The molecule has 0 saturated carbocycles. The zero-order chi connectivity index (χ0) is 17.6. The van der Waals surface area contributed by atoms with Crippen molar-refractivity contribution in [1.82, 2.24) is 10.0 Å². The number of carbonyl (C=O) groups excluding carboxylic acids is 1. The van der Waals surface area contributed by atoms with Gasteiger partial charge in [0.15, 0.2) is 0 Å². The van der Waals surface area contributed by atoms with Crippen LogP contribution in [-0.4, -0.2) is 33.5 Å². The third kappa shape index (κ3) is 5.58. The maximum absolute atomic E-state index is 12.3. The Hall–Kier alpha value is -1.44. The van der Waals surface area contributed by atoms with E-state index in [1.807, 2.05) is 13.8 Å². The molecule has 2 unspecified atom stereocenters. The molecular formula is C17H27N3O3S. The van der Waals surface area contributed by atoms with E-state index in [9.17, 15) is 13.2 Å². The fourth-order valence-electron chi connectivity index (χ4n) is 2.68. The van der Waals surface area contributed by atoms with E-state index in [1.165, 1.54) is 12.1 Å². The largest absolute Gasteiger partial charge is 0.326 e. The van der Waals surface area contributed by atoms with Crippen LogP contribution in [0.15, 0.2) is 29.2 Å². The van der Waals surface area contributed by atoms with Gasteiger partial charge in [0, 0.05) is 18.2 Å². The van der Waals surface area contributed by atoms with E-state index in [1.54, 1.807) is 12.1 Å². The van der Waals surface area contributed by atoms with Crippen LogP contribution in [0.3, 0.4) is 0 Å². The van der Waals surface area contributed by atoms with Crippen molar-refractivity contribution in [3.63, 3.8) is 0 Å². The maximum Gasteiger partial charge on any atom is 0.240 e. The van der Waals surface area contributed by atoms with E-state index in [0.717, 1.165) is 25.9 Å². The Morgan fingerprint density at radius 1 is 1.42 bits per heavy atom. The van der Waals surface area contributed by atoms with Crippen molar-refractivity contribution in [3.8, 4) is 0 Å². The smallest absolute Gasteiger partial charge is 0.240 e. The molecule has 2 atom stereocenters. The second kappa shape index (κ2) is 8.60. The number of hydrogen-bond donors (Lipinski definition) is 3. The minimum absolute atomic E-state index is 0.0775. The number of hydrogen-bond acceptors (Lipinski definition) is 4. The molecule has 1 aliphatic heterocycles. The highest BCUT2D eigenvalue weighted by atomic mass is 32.2. The molecule has 1 aromatic carbocycles. The van der Waals surface area contributed by atoms with Crippen molar-refractivity contribution in [2.75, 3.05) is 18.4 Å². The highest BCUT2D eigenvalue weighted by Crippen LogP contribution is 2.18. The average Bonchev–Trinajstić information content (AvgIpc) is 3.06. The lowest BCUT2D eigenvalue weighted by atomic mass is 10.0. The van der Waals surface area contributed by atoms with Crippen LogP contribution >= 0.6 is 0 Å². The normalized spacial score (nSPS) is 19.2. The Kier molecular flexibility index (Phi) is 6.77. The number of carbonyl (C=O) groups is 1. The molecule has 134 valence electrons. The molecule has 0 spiro atoms. The van der Waals surface area contributed by atoms with Crippen LogP contribution < -0.4 is 15.4 Å². The van der Waals surface area contributed by atoms with Crippen molar-refractivity contribution in [3.05, 3.63) is 24.3 Å². The fraction of sp³-hybridized carbons (Fsp3) is 0.588. The Morgan fingerprint density at radius 2 is 2.21 bits per heavy atom. The molecule has 0 aliphatic carbocycles. The first-order chi connectivity index (χ1) is 11.4. The summed E-state index contributed by atoms with van der Waals surface area (Å²) in [6.07, 6.45) is 3.13. The minimum atomic E-state index is -3.56. The summed E-state index contributed by atoms with van der Waals surface area (Å²) in [5.41, 5.74) is 0.511. The molecule has 1 amide bonds. The lowest BCUT2D eigenvalue weighted by molar-refractivity contribution is -0.116. The second-order valence-corrected chi connectivity index (χ2v) is 8.12. The molecule has 0 bridgehead atoms. The molecule has 1 saturated heterocycles. The quantitative estimate of drug-likeness (QED) is 0.668. The average molecular weight is 353 g/mol. The lowest BCUT2D eigenvalue weighted by Gasteiger charge is -2.13. The van der Waals surface area contributed by atoms with Gasteiger partial charge in [-0.2, -0.15) is 0 Å². The summed E-state index contributed by atoms with van der Waals surface area (Å²) in [6.45, 7) is 5.74. The van der Waals surface area contributed by atoms with E-state index in [2.05, 4.69) is 15.4 Å². The molecule has 7 heteroatoms. The van der Waals surface area contributed by atoms with Gasteiger partial charge in [0.25, 0.3) is 0 Å². The molecule has 2 rings (SSSR count). The molecule has 24 heavy (non-hydrogen) atoms. The molecular weight excluding hydrogens is 326 g/mol. The Labute approximate surface area is 144 Å². The monoisotopic (exact) mass is 353 g/mol. The van der Waals surface area contributed by atoms with Gasteiger partial charge in [0.1, 0.15) is 0 Å². The standard InChI is InChI=1S/C17H27N3O3S/c1-3-13(2)20-24(22,23)16-6-4-5-15(11-16)19-17(21)8-7-14-9-10-18-12-14/h4-6,11,13-14,18,20H,3,7-10,12H2,1-2H3,(H,19,21). The summed E-state index contributed by atoms with van der Waals surface area (Å²) in [6, 6.07) is 6.25. The van der Waals surface area contributed by atoms with Crippen LogP contribution in [0.5, 0.6) is 0 Å². The van der Waals surface area contributed by atoms with Crippen LogP contribution in [0, 0.1) is 5.92 Å². The number of sulfonamides is 1. The molecule has 6 nitrogen and oxygen atoms in total. The number of rotatable bonds is 8. The van der Waals surface area contributed by atoms with E-state index in [4.69, 9.17) is 0 Å². The second-order valence-electron chi connectivity index (χ2n) is 6.40. The van der Waals surface area contributed by atoms with Crippen LogP contribution in [-0.2, 0) is 14.8 Å². The summed E-state index contributed by atoms with van der Waals surface area (Å²) in [7, 11) is -3.56. The van der Waals surface area contributed by atoms with Gasteiger partial charge in [0.05, 0.1) is 4.90 Å². The lowest BCUT2D eigenvalue weighted by Crippen LogP contribution is -2.32. The number of amides is 1. The number of anilines is 1.